The van der Waals surface area contributed by atoms with Crippen LogP contribution in [0.2, 0.25) is 0 Å². The van der Waals surface area contributed by atoms with Crippen LogP contribution in [-0.2, 0) is 29.8 Å². The number of furan rings is 1. The Morgan fingerprint density at radius 3 is 1.79 bits per heavy atom. The molecule has 2 aromatic heterocycles. The Morgan fingerprint density at radius 2 is 1.49 bits per heavy atom. The third-order valence-electron chi connectivity index (χ3n) is 5.28. The highest BCUT2D eigenvalue weighted by Gasteiger charge is 2.52. The summed E-state index contributed by atoms with van der Waals surface area (Å²) in [6.07, 6.45) is -9.57. The lowest BCUT2D eigenvalue weighted by Gasteiger charge is -2.32. The minimum absolute atomic E-state index is 0.188. The largest absolute Gasteiger partial charge is 0.526 e. The number of carbonyl (C=O) groups excluding carboxylic acids is 2. The van der Waals surface area contributed by atoms with Crippen LogP contribution in [0.25, 0.3) is 0 Å². The molecule has 0 unspecified atom stereocenters. The molecule has 0 aromatic carbocycles. The van der Waals surface area contributed by atoms with Crippen LogP contribution in [0.4, 0.5) is 26.3 Å². The molecule has 1 aliphatic rings. The van der Waals surface area contributed by atoms with Crippen LogP contribution in [0, 0.1) is 13.8 Å². The molecule has 3 rings (SSSR count). The first-order valence-electron chi connectivity index (χ1n) is 11.1. The van der Waals surface area contributed by atoms with Gasteiger partial charge in [0.05, 0.1) is 17.0 Å². The second-order valence-electron chi connectivity index (χ2n) is 9.21. The van der Waals surface area contributed by atoms with Gasteiger partial charge in [-0.2, -0.15) is 26.3 Å². The third kappa shape index (κ3) is 10.3. The van der Waals surface area contributed by atoms with Crippen molar-refractivity contribution in [1.82, 2.24) is 4.98 Å². The van der Waals surface area contributed by atoms with E-state index >= 15 is 0 Å². The number of esters is 2. The lowest BCUT2D eigenvalue weighted by Crippen LogP contribution is -2.41. The molecule has 0 bridgehead atoms. The van der Waals surface area contributed by atoms with E-state index in [9.17, 15) is 35.9 Å². The molecule has 0 spiro atoms. The van der Waals surface area contributed by atoms with Gasteiger partial charge in [-0.25, -0.2) is 9.78 Å². The van der Waals surface area contributed by atoms with Crippen LogP contribution in [0.3, 0.4) is 0 Å². The van der Waals surface area contributed by atoms with Crippen LogP contribution >= 0.6 is 0 Å². The predicted octanol–water partition coefficient (Wildman–Crippen LogP) is 2.61. The summed E-state index contributed by atoms with van der Waals surface area (Å²) in [4.78, 5) is 23.0. The number of hydrogen-bond acceptors (Lipinski definition) is 9. The molecule has 0 atom stereocenters. The van der Waals surface area contributed by atoms with E-state index in [0.29, 0.717) is 18.1 Å². The minimum atomic E-state index is -5.09. The Kier molecular flexibility index (Phi) is 11.0. The first-order valence-corrected chi connectivity index (χ1v) is 11.1. The van der Waals surface area contributed by atoms with Gasteiger partial charge in [-0.05, 0) is 71.3 Å². The van der Waals surface area contributed by atoms with Crippen molar-refractivity contribution in [3.63, 3.8) is 0 Å². The zero-order chi connectivity index (χ0) is 30.6. The smallest absolute Gasteiger partial charge is 0.470 e. The predicted molar refractivity (Wildman–Crippen MR) is 126 cm³/mol. The molecular formula is C22H27B2F6NO8. The molecule has 2 N–H and O–H groups in total. The number of alkyl halides is 6. The van der Waals surface area contributed by atoms with Crippen molar-refractivity contribution in [3.8, 4) is 0 Å². The number of ether oxygens (including phenoxy) is 1. The maximum Gasteiger partial charge on any atom is 0.526 e. The molecule has 39 heavy (non-hydrogen) atoms. The lowest BCUT2D eigenvalue weighted by atomic mass is 9.79. The average molecular weight is 569 g/mol. The van der Waals surface area contributed by atoms with E-state index in [-0.39, 0.29) is 11.4 Å². The SMILES string of the molecule is CC(=O)OC(=O)C(F)(F)F.Cc1cc(B2OC(C)(C)C(C)(C)O2)cc(C(F)(F)F)n1.Cc1ccc(B(O)O)o1. The summed E-state index contributed by atoms with van der Waals surface area (Å²) in [5, 5.41) is 17.0. The van der Waals surface area contributed by atoms with Crippen molar-refractivity contribution in [3.05, 3.63) is 41.4 Å². The molecule has 0 saturated carbocycles. The Bertz CT molecular complexity index is 1130. The standard InChI is InChI=1S/C13H17BF3NO2.C5H7BO3.C4H3F3O3/c1-8-6-9(7-10(18-8)13(15,16)17)14-19-11(2,3)12(4,5)20-14;1-4-2-3-5(9-4)6(7)8;1-2(8)10-3(9)4(5,6)7/h6-7H,1-5H3;2-3,7-8H,1H3;1H3. The van der Waals surface area contributed by atoms with Gasteiger partial charge in [-0.15, -0.1) is 0 Å². The number of halogens is 6. The number of pyridine rings is 1. The van der Waals surface area contributed by atoms with E-state index in [1.54, 1.807) is 19.1 Å². The molecule has 216 valence electrons. The topological polar surface area (TPSA) is 128 Å². The van der Waals surface area contributed by atoms with Gasteiger partial charge in [0.25, 0.3) is 0 Å². The van der Waals surface area contributed by atoms with Gasteiger partial charge in [0.15, 0.2) is 0 Å². The molecule has 1 saturated heterocycles. The van der Waals surface area contributed by atoms with Crippen LogP contribution in [0.5, 0.6) is 0 Å². The number of aromatic nitrogens is 1. The fourth-order valence-corrected chi connectivity index (χ4v) is 2.74. The lowest BCUT2D eigenvalue weighted by molar-refractivity contribution is -0.201. The maximum absolute atomic E-state index is 12.8. The van der Waals surface area contributed by atoms with Crippen molar-refractivity contribution in [1.29, 1.82) is 0 Å². The van der Waals surface area contributed by atoms with E-state index in [4.69, 9.17) is 23.8 Å². The van der Waals surface area contributed by atoms with Gasteiger partial charge in [-0.3, -0.25) is 4.79 Å². The summed E-state index contributed by atoms with van der Waals surface area (Å²) in [7, 11) is -2.30. The highest BCUT2D eigenvalue weighted by molar-refractivity contribution is 6.62. The fraction of sp³-hybridized carbons (Fsp3) is 0.500. The van der Waals surface area contributed by atoms with E-state index in [2.05, 4.69) is 9.72 Å². The number of carbonyl (C=O) groups is 2. The fourth-order valence-electron chi connectivity index (χ4n) is 2.74. The Labute approximate surface area is 220 Å². The van der Waals surface area contributed by atoms with Gasteiger partial charge in [-0.1, -0.05) is 0 Å². The first-order chi connectivity index (χ1) is 17.5. The molecule has 1 fully saturated rings. The molecule has 17 heteroatoms. The van der Waals surface area contributed by atoms with Crippen molar-refractivity contribution in [2.45, 2.75) is 72.0 Å². The average Bonchev–Trinajstić information content (AvgIpc) is 3.27. The monoisotopic (exact) mass is 569 g/mol. The minimum Gasteiger partial charge on any atom is -0.470 e. The molecule has 0 radical (unpaired) electrons. The number of hydrogen-bond donors (Lipinski definition) is 2. The van der Waals surface area contributed by atoms with E-state index in [1.165, 1.54) is 13.0 Å². The van der Waals surface area contributed by atoms with E-state index in [1.807, 2.05) is 27.7 Å². The van der Waals surface area contributed by atoms with Gasteiger partial charge < -0.3 is 28.5 Å². The Hall–Kier alpha value is -2.88. The summed E-state index contributed by atoms with van der Waals surface area (Å²) < 4.78 is 91.5. The highest BCUT2D eigenvalue weighted by Crippen LogP contribution is 2.37. The van der Waals surface area contributed by atoms with Crippen LogP contribution in [-0.4, -0.2) is 58.6 Å². The molecule has 1 aliphatic heterocycles. The second kappa shape index (κ2) is 12.5. The quantitative estimate of drug-likeness (QED) is 0.243. The number of aryl methyl sites for hydroxylation is 2. The maximum atomic E-state index is 12.8. The van der Waals surface area contributed by atoms with Crippen molar-refractivity contribution < 1.29 is 64.4 Å². The van der Waals surface area contributed by atoms with Gasteiger partial charge in [0, 0.05) is 12.6 Å². The zero-order valence-corrected chi connectivity index (χ0v) is 22.0. The van der Waals surface area contributed by atoms with Gasteiger partial charge in [0.1, 0.15) is 11.4 Å². The summed E-state index contributed by atoms with van der Waals surface area (Å²) in [5.74, 6) is -3.08. The van der Waals surface area contributed by atoms with Crippen LogP contribution in [0.15, 0.2) is 28.7 Å². The second-order valence-corrected chi connectivity index (χ2v) is 9.21. The normalized spacial score (nSPS) is 15.9. The van der Waals surface area contributed by atoms with E-state index < -0.39 is 55.4 Å². The number of nitrogens with zero attached hydrogens (tertiary/aromatic N) is 1. The summed E-state index contributed by atoms with van der Waals surface area (Å²) in [6.45, 7) is 11.4. The number of rotatable bonds is 2. The molecule has 2 aromatic rings. The third-order valence-corrected chi connectivity index (χ3v) is 5.28. The van der Waals surface area contributed by atoms with Crippen LogP contribution < -0.4 is 11.1 Å². The first kappa shape index (κ1) is 34.1. The van der Waals surface area contributed by atoms with Crippen molar-refractivity contribution in [2.24, 2.45) is 0 Å². The molecular weight excluding hydrogens is 542 g/mol. The van der Waals surface area contributed by atoms with E-state index in [0.717, 1.165) is 6.07 Å². The zero-order valence-electron chi connectivity index (χ0n) is 22.0. The highest BCUT2D eigenvalue weighted by atomic mass is 19.4. The Balaban J connectivity index is 0.000000335. The van der Waals surface area contributed by atoms with Crippen LogP contribution in [0.1, 0.15) is 51.8 Å². The molecule has 0 amide bonds. The molecule has 9 nitrogen and oxygen atoms in total. The van der Waals surface area contributed by atoms with Gasteiger partial charge >= 0.3 is 38.5 Å². The van der Waals surface area contributed by atoms with Crippen molar-refractivity contribution in [2.75, 3.05) is 0 Å². The Morgan fingerprint density at radius 1 is 0.974 bits per heavy atom. The van der Waals surface area contributed by atoms with Gasteiger partial charge in [0.2, 0.25) is 0 Å². The molecule has 0 aliphatic carbocycles. The molecule has 3 heterocycles. The summed E-state index contributed by atoms with van der Waals surface area (Å²) >= 11 is 0. The van der Waals surface area contributed by atoms with Crippen molar-refractivity contribution >= 4 is 37.3 Å². The summed E-state index contributed by atoms with van der Waals surface area (Å²) in [5.41, 5.74) is -1.30. The summed E-state index contributed by atoms with van der Waals surface area (Å²) in [6, 6.07) is 5.74.